The summed E-state index contributed by atoms with van der Waals surface area (Å²) < 4.78 is 0. The number of benzene rings is 1. The van der Waals surface area contributed by atoms with Crippen LogP contribution in [0.1, 0.15) is 38.3 Å². The number of hydrogen-bond donors (Lipinski definition) is 1. The molecule has 0 spiro atoms. The van der Waals surface area contributed by atoms with Crippen LogP contribution in [0.4, 0.5) is 5.69 Å². The van der Waals surface area contributed by atoms with Gasteiger partial charge >= 0.3 is 0 Å². The topological polar surface area (TPSA) is 29.3 Å². The lowest BCUT2D eigenvalue weighted by Crippen LogP contribution is -2.25. The van der Waals surface area contributed by atoms with Crippen LogP contribution >= 0.6 is 11.6 Å². The summed E-state index contributed by atoms with van der Waals surface area (Å²) >= 11 is 6.24. The molecule has 0 aromatic heterocycles. The van der Waals surface area contributed by atoms with Crippen LogP contribution in [0.15, 0.2) is 18.2 Å². The molecular formula is C13H19ClN2. The van der Waals surface area contributed by atoms with Crippen molar-refractivity contribution in [3.05, 3.63) is 28.8 Å². The highest BCUT2D eigenvalue weighted by Gasteiger charge is 2.28. The third-order valence-electron chi connectivity index (χ3n) is 3.13. The summed E-state index contributed by atoms with van der Waals surface area (Å²) in [5.74, 6) is 0. The summed E-state index contributed by atoms with van der Waals surface area (Å²) in [5.41, 5.74) is 8.09. The third-order valence-corrected chi connectivity index (χ3v) is 3.46. The molecule has 1 aliphatic rings. The Labute approximate surface area is 102 Å². The maximum absolute atomic E-state index is 6.24. The van der Waals surface area contributed by atoms with Crippen LogP contribution in [0.3, 0.4) is 0 Å². The average Bonchev–Trinajstić information content (AvgIpc) is 3.02. The summed E-state index contributed by atoms with van der Waals surface area (Å²) in [5, 5.41) is 0.784. The zero-order valence-corrected chi connectivity index (χ0v) is 10.7. The lowest BCUT2D eigenvalue weighted by molar-refractivity contribution is 0.809. The van der Waals surface area contributed by atoms with Crippen molar-refractivity contribution in [3.8, 4) is 0 Å². The molecule has 88 valence electrons. The van der Waals surface area contributed by atoms with Crippen molar-refractivity contribution in [1.82, 2.24) is 0 Å². The van der Waals surface area contributed by atoms with Gasteiger partial charge in [0.25, 0.3) is 0 Å². The van der Waals surface area contributed by atoms with Gasteiger partial charge in [-0.2, -0.15) is 0 Å². The van der Waals surface area contributed by atoms with Gasteiger partial charge in [0.15, 0.2) is 0 Å². The van der Waals surface area contributed by atoms with Crippen LogP contribution < -0.4 is 10.6 Å². The Balaban J connectivity index is 2.25. The molecule has 1 fully saturated rings. The minimum Gasteiger partial charge on any atom is -0.369 e. The lowest BCUT2D eigenvalue weighted by Gasteiger charge is -2.23. The van der Waals surface area contributed by atoms with Crippen LogP contribution in [0.25, 0.3) is 0 Å². The van der Waals surface area contributed by atoms with Gasteiger partial charge in [-0.1, -0.05) is 17.7 Å². The maximum Gasteiger partial charge on any atom is 0.0474 e. The molecule has 3 heteroatoms. The quantitative estimate of drug-likeness (QED) is 0.872. The van der Waals surface area contributed by atoms with Crippen molar-refractivity contribution in [3.63, 3.8) is 0 Å². The van der Waals surface area contributed by atoms with Crippen LogP contribution in [0, 0.1) is 0 Å². The molecule has 0 amide bonds. The number of hydrogen-bond acceptors (Lipinski definition) is 2. The molecule has 1 unspecified atom stereocenters. The van der Waals surface area contributed by atoms with E-state index >= 15 is 0 Å². The standard InChI is InChI=1S/C13H19ClN2/c1-3-16(10-4-5-10)11-6-7-12(9(2)15)13(14)8-11/h6-10H,3-5,15H2,1-2H3. The predicted molar refractivity (Wildman–Crippen MR) is 70.1 cm³/mol. The van der Waals surface area contributed by atoms with Crippen LogP contribution in [0.5, 0.6) is 0 Å². The fourth-order valence-electron chi connectivity index (χ4n) is 2.10. The van der Waals surface area contributed by atoms with Crippen molar-refractivity contribution < 1.29 is 0 Å². The van der Waals surface area contributed by atoms with E-state index in [4.69, 9.17) is 17.3 Å². The van der Waals surface area contributed by atoms with Crippen molar-refractivity contribution in [2.75, 3.05) is 11.4 Å². The fourth-order valence-corrected chi connectivity index (χ4v) is 2.45. The van der Waals surface area contributed by atoms with Crippen molar-refractivity contribution in [1.29, 1.82) is 0 Å². The number of rotatable bonds is 4. The Bertz CT molecular complexity index is 372. The number of nitrogens with zero attached hydrogens (tertiary/aromatic N) is 1. The first-order valence-corrected chi connectivity index (χ1v) is 6.33. The second kappa shape index (κ2) is 4.64. The van der Waals surface area contributed by atoms with Gasteiger partial charge in [0.1, 0.15) is 0 Å². The van der Waals surface area contributed by atoms with Crippen LogP contribution in [-0.4, -0.2) is 12.6 Å². The first-order valence-electron chi connectivity index (χ1n) is 5.95. The van der Waals surface area contributed by atoms with Crippen LogP contribution in [0.2, 0.25) is 5.02 Å². The Morgan fingerprint density at radius 3 is 2.62 bits per heavy atom. The van der Waals surface area contributed by atoms with Crippen molar-refractivity contribution in [2.45, 2.75) is 38.8 Å². The van der Waals surface area contributed by atoms with Gasteiger partial charge in [0.2, 0.25) is 0 Å². The molecule has 2 N–H and O–H groups in total. The molecule has 16 heavy (non-hydrogen) atoms. The highest BCUT2D eigenvalue weighted by Crippen LogP contribution is 2.34. The van der Waals surface area contributed by atoms with Gasteiger partial charge < -0.3 is 10.6 Å². The Morgan fingerprint density at radius 2 is 2.19 bits per heavy atom. The molecule has 2 nitrogen and oxygen atoms in total. The highest BCUT2D eigenvalue weighted by atomic mass is 35.5. The predicted octanol–water partition coefficient (Wildman–Crippen LogP) is 3.35. The molecule has 2 rings (SSSR count). The van der Waals surface area contributed by atoms with E-state index in [1.807, 2.05) is 19.1 Å². The average molecular weight is 239 g/mol. The summed E-state index contributed by atoms with van der Waals surface area (Å²) in [7, 11) is 0. The molecule has 1 atom stereocenters. The molecule has 0 radical (unpaired) electrons. The fraction of sp³-hybridized carbons (Fsp3) is 0.538. The zero-order chi connectivity index (χ0) is 11.7. The second-order valence-electron chi connectivity index (χ2n) is 4.51. The van der Waals surface area contributed by atoms with Crippen molar-refractivity contribution in [2.24, 2.45) is 5.73 Å². The SMILES string of the molecule is CCN(c1ccc(C(C)N)c(Cl)c1)C1CC1. The Morgan fingerprint density at radius 1 is 1.50 bits per heavy atom. The van der Waals surface area contributed by atoms with E-state index in [1.54, 1.807) is 0 Å². The van der Waals surface area contributed by atoms with Gasteiger partial charge in [-0.15, -0.1) is 0 Å². The summed E-state index contributed by atoms with van der Waals surface area (Å²) in [6.07, 6.45) is 2.61. The Kier molecular flexibility index (Phi) is 3.41. The molecule has 1 aromatic carbocycles. The highest BCUT2D eigenvalue weighted by molar-refractivity contribution is 6.31. The van der Waals surface area contributed by atoms with Gasteiger partial charge in [0.05, 0.1) is 0 Å². The lowest BCUT2D eigenvalue weighted by atomic mass is 10.1. The number of nitrogens with two attached hydrogens (primary N) is 1. The molecule has 0 heterocycles. The van der Waals surface area contributed by atoms with Gasteiger partial charge in [0, 0.05) is 29.3 Å². The smallest absolute Gasteiger partial charge is 0.0474 e. The summed E-state index contributed by atoms with van der Waals surface area (Å²) in [4.78, 5) is 2.41. The third kappa shape index (κ3) is 2.33. The second-order valence-corrected chi connectivity index (χ2v) is 4.92. The van der Waals surface area contributed by atoms with Crippen molar-refractivity contribution >= 4 is 17.3 Å². The molecule has 0 aliphatic heterocycles. The summed E-state index contributed by atoms with van der Waals surface area (Å²) in [6.45, 7) is 5.18. The van der Waals surface area contributed by atoms with E-state index in [1.165, 1.54) is 18.5 Å². The minimum atomic E-state index is -0.00227. The van der Waals surface area contributed by atoms with Gasteiger partial charge in [-0.05, 0) is 44.4 Å². The first kappa shape index (κ1) is 11.7. The van der Waals surface area contributed by atoms with E-state index in [-0.39, 0.29) is 6.04 Å². The normalized spacial score (nSPS) is 17.2. The van der Waals surface area contributed by atoms with E-state index in [9.17, 15) is 0 Å². The van der Waals surface area contributed by atoms with Gasteiger partial charge in [-0.25, -0.2) is 0 Å². The van der Waals surface area contributed by atoms with E-state index in [0.717, 1.165) is 23.2 Å². The van der Waals surface area contributed by atoms with Gasteiger partial charge in [-0.3, -0.25) is 0 Å². The van der Waals surface area contributed by atoms with E-state index in [0.29, 0.717) is 0 Å². The maximum atomic E-state index is 6.24. The molecular weight excluding hydrogens is 220 g/mol. The Hall–Kier alpha value is -0.730. The molecule has 0 saturated heterocycles. The van der Waals surface area contributed by atoms with Crippen LogP contribution in [-0.2, 0) is 0 Å². The molecule has 0 bridgehead atoms. The molecule has 1 aromatic rings. The zero-order valence-electron chi connectivity index (χ0n) is 9.91. The van der Waals surface area contributed by atoms with E-state index in [2.05, 4.69) is 17.9 Å². The molecule has 1 saturated carbocycles. The monoisotopic (exact) mass is 238 g/mol. The molecule has 1 aliphatic carbocycles. The first-order chi connectivity index (χ1) is 7.63. The number of halogens is 1. The summed E-state index contributed by atoms with van der Waals surface area (Å²) in [6, 6.07) is 6.95. The minimum absolute atomic E-state index is 0.00227. The number of anilines is 1. The largest absolute Gasteiger partial charge is 0.369 e. The van der Waals surface area contributed by atoms with E-state index < -0.39 is 0 Å².